The molecule has 1 aromatic carbocycles. The zero-order valence-corrected chi connectivity index (χ0v) is 14.2. The van der Waals surface area contributed by atoms with Gasteiger partial charge < -0.3 is 19.8 Å². The third-order valence-corrected chi connectivity index (χ3v) is 3.98. The normalized spacial score (nSPS) is 11.0. The predicted molar refractivity (Wildman–Crippen MR) is 95.2 cm³/mol. The molecule has 0 aliphatic heterocycles. The molecule has 3 aromatic rings. The van der Waals surface area contributed by atoms with Crippen LogP contribution >= 0.6 is 0 Å². The van der Waals surface area contributed by atoms with Gasteiger partial charge in [0.15, 0.2) is 0 Å². The summed E-state index contributed by atoms with van der Waals surface area (Å²) in [6.07, 6.45) is 2.47. The van der Waals surface area contributed by atoms with E-state index in [0.29, 0.717) is 30.0 Å². The number of nitrogen functional groups attached to an aromatic ring is 1. The SMILES string of the molecule is COCCCn1c(-c2cccnc2N)nc2cc(C(=O)OC)ccc21. The number of aromatic nitrogens is 3. The molecular weight excluding hydrogens is 320 g/mol. The Kier molecular flexibility index (Phi) is 4.95. The van der Waals surface area contributed by atoms with E-state index < -0.39 is 5.97 Å². The number of nitrogens with two attached hydrogens (primary N) is 1. The number of hydrogen-bond donors (Lipinski definition) is 1. The topological polar surface area (TPSA) is 92.3 Å². The van der Waals surface area contributed by atoms with Crippen molar-refractivity contribution in [2.45, 2.75) is 13.0 Å². The predicted octanol–water partition coefficient (Wildman–Crippen LogP) is 2.50. The van der Waals surface area contributed by atoms with Crippen LogP contribution in [-0.4, -0.2) is 41.3 Å². The number of pyridine rings is 1. The first-order valence-electron chi connectivity index (χ1n) is 7.94. The summed E-state index contributed by atoms with van der Waals surface area (Å²) in [6.45, 7) is 1.35. The number of carbonyl (C=O) groups excluding carboxylic acids is 1. The third-order valence-electron chi connectivity index (χ3n) is 3.98. The number of methoxy groups -OCH3 is 2. The first-order chi connectivity index (χ1) is 12.2. The van der Waals surface area contributed by atoms with Crippen molar-refractivity contribution in [1.29, 1.82) is 0 Å². The molecule has 130 valence electrons. The molecule has 0 aliphatic rings. The second kappa shape index (κ2) is 7.31. The highest BCUT2D eigenvalue weighted by Crippen LogP contribution is 2.28. The molecule has 0 spiro atoms. The summed E-state index contributed by atoms with van der Waals surface area (Å²) in [7, 11) is 3.03. The molecule has 0 aliphatic carbocycles. The molecular formula is C18H20N4O3. The number of imidazole rings is 1. The Morgan fingerprint density at radius 2 is 2.12 bits per heavy atom. The van der Waals surface area contributed by atoms with Crippen LogP contribution in [0.4, 0.5) is 5.82 Å². The highest BCUT2D eigenvalue weighted by molar-refractivity contribution is 5.94. The van der Waals surface area contributed by atoms with Crippen molar-refractivity contribution in [2.24, 2.45) is 0 Å². The van der Waals surface area contributed by atoms with Crippen LogP contribution < -0.4 is 5.73 Å². The number of hydrogen-bond acceptors (Lipinski definition) is 6. The number of nitrogens with zero attached hydrogens (tertiary/aromatic N) is 3. The van der Waals surface area contributed by atoms with Gasteiger partial charge in [-0.3, -0.25) is 0 Å². The zero-order chi connectivity index (χ0) is 17.8. The van der Waals surface area contributed by atoms with Crippen LogP contribution in [0.2, 0.25) is 0 Å². The van der Waals surface area contributed by atoms with Gasteiger partial charge in [0, 0.05) is 26.5 Å². The molecule has 7 heteroatoms. The maximum absolute atomic E-state index is 11.8. The third kappa shape index (κ3) is 3.32. The van der Waals surface area contributed by atoms with Gasteiger partial charge in [-0.25, -0.2) is 14.8 Å². The molecule has 0 amide bonds. The Morgan fingerprint density at radius 3 is 2.84 bits per heavy atom. The molecule has 0 saturated heterocycles. The average molecular weight is 340 g/mol. The van der Waals surface area contributed by atoms with E-state index in [9.17, 15) is 4.79 Å². The summed E-state index contributed by atoms with van der Waals surface area (Å²) in [5.41, 5.74) is 8.88. The van der Waals surface area contributed by atoms with E-state index in [2.05, 4.69) is 9.55 Å². The van der Waals surface area contributed by atoms with Gasteiger partial charge in [-0.1, -0.05) is 0 Å². The largest absolute Gasteiger partial charge is 0.465 e. The molecule has 3 rings (SSSR count). The van der Waals surface area contributed by atoms with E-state index in [1.54, 1.807) is 25.4 Å². The van der Waals surface area contributed by atoms with Crippen LogP contribution in [0.15, 0.2) is 36.5 Å². The first-order valence-corrected chi connectivity index (χ1v) is 7.94. The second-order valence-electron chi connectivity index (χ2n) is 5.56. The fourth-order valence-corrected chi connectivity index (χ4v) is 2.78. The van der Waals surface area contributed by atoms with Gasteiger partial charge in [-0.2, -0.15) is 0 Å². The number of fused-ring (bicyclic) bond motifs is 1. The van der Waals surface area contributed by atoms with Gasteiger partial charge in [-0.15, -0.1) is 0 Å². The fourth-order valence-electron chi connectivity index (χ4n) is 2.78. The van der Waals surface area contributed by atoms with Crippen LogP contribution in [0.5, 0.6) is 0 Å². The Labute approximate surface area is 145 Å². The highest BCUT2D eigenvalue weighted by Gasteiger charge is 2.17. The molecule has 0 atom stereocenters. The number of benzene rings is 1. The minimum atomic E-state index is -0.390. The van der Waals surface area contributed by atoms with Gasteiger partial charge in [0.25, 0.3) is 0 Å². The van der Waals surface area contributed by atoms with Crippen molar-refractivity contribution in [1.82, 2.24) is 14.5 Å². The highest BCUT2D eigenvalue weighted by atomic mass is 16.5. The van der Waals surface area contributed by atoms with E-state index in [1.165, 1.54) is 7.11 Å². The van der Waals surface area contributed by atoms with E-state index in [-0.39, 0.29) is 0 Å². The van der Waals surface area contributed by atoms with Crippen molar-refractivity contribution in [2.75, 3.05) is 26.6 Å². The van der Waals surface area contributed by atoms with Crippen LogP contribution in [0.3, 0.4) is 0 Å². The van der Waals surface area contributed by atoms with Crippen LogP contribution in [0, 0.1) is 0 Å². The quantitative estimate of drug-likeness (QED) is 0.547. The number of ether oxygens (including phenoxy) is 2. The van der Waals surface area contributed by atoms with Crippen molar-refractivity contribution in [3.8, 4) is 11.4 Å². The smallest absolute Gasteiger partial charge is 0.337 e. The Bertz CT molecular complexity index is 904. The number of anilines is 1. The molecule has 2 N–H and O–H groups in total. The minimum Gasteiger partial charge on any atom is -0.465 e. The summed E-state index contributed by atoms with van der Waals surface area (Å²) in [4.78, 5) is 20.6. The van der Waals surface area contributed by atoms with E-state index in [4.69, 9.17) is 20.2 Å². The van der Waals surface area contributed by atoms with Crippen LogP contribution in [0.1, 0.15) is 16.8 Å². The number of rotatable bonds is 6. The van der Waals surface area contributed by atoms with E-state index in [0.717, 1.165) is 23.3 Å². The average Bonchev–Trinajstić information content (AvgIpc) is 2.99. The fraction of sp³-hybridized carbons (Fsp3) is 0.278. The van der Waals surface area contributed by atoms with Crippen LogP contribution in [-0.2, 0) is 16.0 Å². The van der Waals surface area contributed by atoms with Gasteiger partial charge in [0.1, 0.15) is 11.6 Å². The molecule has 0 fully saturated rings. The summed E-state index contributed by atoms with van der Waals surface area (Å²) in [6, 6.07) is 9.04. The van der Waals surface area contributed by atoms with E-state index in [1.807, 2.05) is 18.2 Å². The van der Waals surface area contributed by atoms with Gasteiger partial charge >= 0.3 is 5.97 Å². The Balaban J connectivity index is 2.14. The molecule has 0 bridgehead atoms. The maximum atomic E-state index is 11.8. The lowest BCUT2D eigenvalue weighted by Crippen LogP contribution is -2.05. The van der Waals surface area contributed by atoms with Gasteiger partial charge in [-0.05, 0) is 36.8 Å². The van der Waals surface area contributed by atoms with Crippen molar-refractivity contribution >= 4 is 22.8 Å². The molecule has 2 heterocycles. The molecule has 2 aromatic heterocycles. The molecule has 0 radical (unpaired) electrons. The molecule has 0 unspecified atom stereocenters. The van der Waals surface area contributed by atoms with E-state index >= 15 is 0 Å². The van der Waals surface area contributed by atoms with Gasteiger partial charge in [0.2, 0.25) is 0 Å². The lowest BCUT2D eigenvalue weighted by molar-refractivity contribution is 0.0601. The number of aryl methyl sites for hydroxylation is 1. The Hall–Kier alpha value is -2.93. The van der Waals surface area contributed by atoms with Crippen molar-refractivity contribution in [3.05, 3.63) is 42.1 Å². The Morgan fingerprint density at radius 1 is 1.28 bits per heavy atom. The lowest BCUT2D eigenvalue weighted by Gasteiger charge is -2.10. The summed E-state index contributed by atoms with van der Waals surface area (Å²) < 4.78 is 12.0. The molecule has 7 nitrogen and oxygen atoms in total. The second-order valence-corrected chi connectivity index (χ2v) is 5.56. The molecule has 25 heavy (non-hydrogen) atoms. The summed E-state index contributed by atoms with van der Waals surface area (Å²) in [5, 5.41) is 0. The zero-order valence-electron chi connectivity index (χ0n) is 14.2. The summed E-state index contributed by atoms with van der Waals surface area (Å²) in [5.74, 6) is 0.746. The minimum absolute atomic E-state index is 0.390. The monoisotopic (exact) mass is 340 g/mol. The van der Waals surface area contributed by atoms with Gasteiger partial charge in [0.05, 0.1) is 29.3 Å². The number of esters is 1. The first kappa shape index (κ1) is 16.9. The molecule has 0 saturated carbocycles. The summed E-state index contributed by atoms with van der Waals surface area (Å²) >= 11 is 0. The standard InChI is InChI=1S/C18H20N4O3/c1-24-10-4-9-22-15-7-6-12(18(23)25-2)11-14(15)21-17(22)13-5-3-8-20-16(13)19/h3,5-8,11H,4,9-10H2,1-2H3,(H2,19,20). The van der Waals surface area contributed by atoms with Crippen LogP contribution in [0.25, 0.3) is 22.4 Å². The lowest BCUT2D eigenvalue weighted by atomic mass is 10.2. The van der Waals surface area contributed by atoms with Crippen molar-refractivity contribution in [3.63, 3.8) is 0 Å². The maximum Gasteiger partial charge on any atom is 0.337 e. The number of carbonyl (C=O) groups is 1. The van der Waals surface area contributed by atoms with Crippen molar-refractivity contribution < 1.29 is 14.3 Å².